The van der Waals surface area contributed by atoms with E-state index in [9.17, 15) is 4.39 Å². The molecule has 0 saturated carbocycles. The minimum absolute atomic E-state index is 0.191. The van der Waals surface area contributed by atoms with Crippen molar-refractivity contribution in [2.45, 2.75) is 64.8 Å². The average molecular weight is 428 g/mol. The molecule has 0 spiro atoms. The molecule has 31 heavy (non-hydrogen) atoms. The van der Waals surface area contributed by atoms with Crippen LogP contribution >= 0.6 is 0 Å². The first kappa shape index (κ1) is 21.4. The van der Waals surface area contributed by atoms with Gasteiger partial charge in [0.25, 0.3) is 0 Å². The van der Waals surface area contributed by atoms with Crippen molar-refractivity contribution in [1.29, 1.82) is 0 Å². The Morgan fingerprint density at radius 2 is 1.94 bits per heavy atom. The van der Waals surface area contributed by atoms with Crippen molar-refractivity contribution < 1.29 is 8.91 Å². The molecule has 0 atom stereocenters. The van der Waals surface area contributed by atoms with Gasteiger partial charge in [-0.25, -0.2) is 14.1 Å². The summed E-state index contributed by atoms with van der Waals surface area (Å²) in [6.07, 6.45) is 2.34. The largest absolute Gasteiger partial charge is 0.340 e. The third-order valence-electron chi connectivity index (χ3n) is 5.70. The summed E-state index contributed by atoms with van der Waals surface area (Å²) in [6, 6.07) is 5.10. The van der Waals surface area contributed by atoms with Crippen LogP contribution < -0.4 is 10.6 Å². The number of aromatic nitrogens is 5. The Bertz CT molecular complexity index is 1060. The van der Waals surface area contributed by atoms with Crippen molar-refractivity contribution in [2.24, 2.45) is 0 Å². The topological polar surface area (TPSA) is 93.7 Å². The summed E-state index contributed by atoms with van der Waals surface area (Å²) in [6.45, 7) is 11.6. The van der Waals surface area contributed by atoms with Crippen LogP contribution in [-0.2, 0) is 17.4 Å². The number of aryl methyl sites for hydroxylation is 2. The van der Waals surface area contributed by atoms with Crippen LogP contribution in [0.4, 0.5) is 16.0 Å². The van der Waals surface area contributed by atoms with Gasteiger partial charge in [-0.2, -0.15) is 10.1 Å². The maximum absolute atomic E-state index is 14.7. The van der Waals surface area contributed by atoms with Crippen molar-refractivity contribution in [1.82, 2.24) is 30.2 Å². The van der Waals surface area contributed by atoms with Gasteiger partial charge in [0.15, 0.2) is 17.5 Å². The van der Waals surface area contributed by atoms with E-state index in [1.165, 1.54) is 6.07 Å². The SMILES string of the molecule is Cc1cc(Nc2nc(CC3(c4noc(C)n4)CCNCC3)ccc2F)n(C(C)(C)C)n1. The van der Waals surface area contributed by atoms with E-state index >= 15 is 0 Å². The summed E-state index contributed by atoms with van der Waals surface area (Å²) in [5.74, 6) is 1.75. The number of hydrogen-bond donors (Lipinski definition) is 2. The fourth-order valence-corrected chi connectivity index (χ4v) is 4.14. The molecule has 3 aromatic heterocycles. The minimum Gasteiger partial charge on any atom is -0.340 e. The first-order valence-electron chi connectivity index (χ1n) is 10.7. The maximum atomic E-state index is 14.7. The van der Waals surface area contributed by atoms with Crippen LogP contribution in [0.1, 0.15) is 56.7 Å². The number of anilines is 2. The summed E-state index contributed by atoms with van der Waals surface area (Å²) in [5, 5.41) is 15.3. The zero-order chi connectivity index (χ0) is 22.2. The maximum Gasteiger partial charge on any atom is 0.223 e. The van der Waals surface area contributed by atoms with Crippen LogP contribution in [-0.4, -0.2) is 38.0 Å². The molecule has 166 valence electrons. The van der Waals surface area contributed by atoms with E-state index in [1.807, 2.05) is 17.7 Å². The monoisotopic (exact) mass is 427 g/mol. The third-order valence-corrected chi connectivity index (χ3v) is 5.70. The number of rotatable bonds is 5. The summed E-state index contributed by atoms with van der Waals surface area (Å²) in [4.78, 5) is 9.15. The van der Waals surface area contributed by atoms with Crippen LogP contribution in [0, 0.1) is 19.7 Å². The summed E-state index contributed by atoms with van der Waals surface area (Å²) in [5.41, 5.74) is 1.11. The number of pyridine rings is 1. The van der Waals surface area contributed by atoms with Crippen molar-refractivity contribution >= 4 is 11.6 Å². The standard InChI is InChI=1S/C22H30FN7O/c1-14-12-18(30(28-14)21(3,4)5)27-19-17(23)7-6-16(26-19)13-22(8-10-24-11-9-22)20-25-15(2)31-29-20/h6-7,12,24H,8-11,13H2,1-5H3,(H,26,27). The lowest BCUT2D eigenvalue weighted by Crippen LogP contribution is -2.42. The highest BCUT2D eigenvalue weighted by Gasteiger charge is 2.39. The van der Waals surface area contributed by atoms with Gasteiger partial charge < -0.3 is 15.2 Å². The number of piperidine rings is 1. The number of nitrogens with one attached hydrogen (secondary N) is 2. The molecular weight excluding hydrogens is 397 g/mol. The van der Waals surface area contributed by atoms with Crippen LogP contribution in [0.2, 0.25) is 0 Å². The Labute approximate surface area is 181 Å². The molecule has 2 N–H and O–H groups in total. The molecular formula is C22H30FN7O. The molecule has 0 aromatic carbocycles. The highest BCUT2D eigenvalue weighted by Crippen LogP contribution is 2.35. The molecule has 0 bridgehead atoms. The van der Waals surface area contributed by atoms with Gasteiger partial charge in [0.2, 0.25) is 5.89 Å². The van der Waals surface area contributed by atoms with Crippen LogP contribution in [0.3, 0.4) is 0 Å². The second-order valence-electron chi connectivity index (χ2n) is 9.36. The fraction of sp³-hybridized carbons (Fsp3) is 0.545. The van der Waals surface area contributed by atoms with Crippen LogP contribution in [0.25, 0.3) is 0 Å². The Kier molecular flexibility index (Phi) is 5.55. The molecule has 8 nitrogen and oxygen atoms in total. The van der Waals surface area contributed by atoms with Gasteiger partial charge in [-0.05, 0) is 65.8 Å². The number of hydrogen-bond acceptors (Lipinski definition) is 7. The molecule has 1 fully saturated rings. The molecule has 1 aliphatic rings. The molecule has 0 unspecified atom stereocenters. The zero-order valence-electron chi connectivity index (χ0n) is 18.8. The average Bonchev–Trinajstić information content (AvgIpc) is 3.31. The Morgan fingerprint density at radius 1 is 1.19 bits per heavy atom. The lowest BCUT2D eigenvalue weighted by atomic mass is 9.74. The molecule has 3 aromatic rings. The van der Waals surface area contributed by atoms with Crippen LogP contribution in [0.5, 0.6) is 0 Å². The molecule has 9 heteroatoms. The Morgan fingerprint density at radius 3 is 2.58 bits per heavy atom. The zero-order valence-corrected chi connectivity index (χ0v) is 18.8. The first-order chi connectivity index (χ1) is 14.7. The second-order valence-corrected chi connectivity index (χ2v) is 9.36. The van der Waals surface area contributed by atoms with E-state index in [4.69, 9.17) is 4.52 Å². The molecule has 4 rings (SSSR count). The predicted octanol–water partition coefficient (Wildman–Crippen LogP) is 3.78. The normalized spacial score (nSPS) is 16.5. The number of halogens is 1. The van der Waals surface area contributed by atoms with Crippen molar-refractivity contribution in [3.63, 3.8) is 0 Å². The van der Waals surface area contributed by atoms with Gasteiger partial charge in [0.1, 0.15) is 5.82 Å². The lowest BCUT2D eigenvalue weighted by molar-refractivity contribution is 0.274. The van der Waals surface area contributed by atoms with Crippen molar-refractivity contribution in [3.05, 3.63) is 47.1 Å². The molecule has 1 saturated heterocycles. The third kappa shape index (κ3) is 4.46. The van der Waals surface area contributed by atoms with Crippen molar-refractivity contribution in [2.75, 3.05) is 18.4 Å². The van der Waals surface area contributed by atoms with Gasteiger partial charge in [0, 0.05) is 30.5 Å². The molecule has 0 amide bonds. The van der Waals surface area contributed by atoms with E-state index in [0.717, 1.165) is 37.3 Å². The van der Waals surface area contributed by atoms with Crippen LogP contribution in [0.15, 0.2) is 22.7 Å². The van der Waals surface area contributed by atoms with Gasteiger partial charge >= 0.3 is 0 Å². The second kappa shape index (κ2) is 8.03. The van der Waals surface area contributed by atoms with Gasteiger partial charge in [0.05, 0.1) is 11.2 Å². The van der Waals surface area contributed by atoms with E-state index < -0.39 is 5.82 Å². The van der Waals surface area contributed by atoms with E-state index in [0.29, 0.717) is 24.0 Å². The molecule has 0 radical (unpaired) electrons. The molecule has 4 heterocycles. The smallest absolute Gasteiger partial charge is 0.223 e. The van der Waals surface area contributed by atoms with Crippen molar-refractivity contribution in [3.8, 4) is 0 Å². The lowest BCUT2D eigenvalue weighted by Gasteiger charge is -2.34. The molecule has 0 aliphatic carbocycles. The first-order valence-corrected chi connectivity index (χ1v) is 10.7. The predicted molar refractivity (Wildman–Crippen MR) is 116 cm³/mol. The quantitative estimate of drug-likeness (QED) is 0.640. The van der Waals surface area contributed by atoms with Gasteiger partial charge in [-0.1, -0.05) is 5.16 Å². The summed E-state index contributed by atoms with van der Waals surface area (Å²) in [7, 11) is 0. The summed E-state index contributed by atoms with van der Waals surface area (Å²) < 4.78 is 21.8. The minimum atomic E-state index is -0.405. The highest BCUT2D eigenvalue weighted by molar-refractivity contribution is 5.54. The van der Waals surface area contributed by atoms with Gasteiger partial charge in [-0.15, -0.1) is 0 Å². The molecule has 1 aliphatic heterocycles. The van der Waals surface area contributed by atoms with Gasteiger partial charge in [-0.3, -0.25) is 0 Å². The Hall–Kier alpha value is -2.81. The number of nitrogens with zero attached hydrogens (tertiary/aromatic N) is 5. The van der Waals surface area contributed by atoms with E-state index in [-0.39, 0.29) is 16.8 Å². The van der Waals surface area contributed by atoms with E-state index in [1.54, 1.807) is 13.0 Å². The van der Waals surface area contributed by atoms with E-state index in [2.05, 4.69) is 51.6 Å². The fourth-order valence-electron chi connectivity index (χ4n) is 4.14. The summed E-state index contributed by atoms with van der Waals surface area (Å²) >= 11 is 0. The highest BCUT2D eigenvalue weighted by atomic mass is 19.1. The Balaban J connectivity index is 1.65.